The highest BCUT2D eigenvalue weighted by Crippen LogP contribution is 1.87. The molecule has 0 aliphatic heterocycles. The number of hydrogen-bond donors (Lipinski definition) is 1. The summed E-state index contributed by atoms with van der Waals surface area (Å²) in [6.07, 6.45) is -0.736. The first-order chi connectivity index (χ1) is 4.66. The molecule has 1 N–H and O–H groups in total. The van der Waals surface area contributed by atoms with Crippen LogP contribution < -0.4 is 0 Å². The van der Waals surface area contributed by atoms with Crippen molar-refractivity contribution in [3.8, 4) is 0 Å². The summed E-state index contributed by atoms with van der Waals surface area (Å²) in [5.74, 6) is 0. The Kier molecular flexibility index (Phi) is 5.16. The third kappa shape index (κ3) is 5.72. The molecule has 60 valence electrons. The van der Waals surface area contributed by atoms with Gasteiger partial charge in [0.1, 0.15) is 0 Å². The average molecular weight is 145 g/mol. The lowest BCUT2D eigenvalue weighted by molar-refractivity contribution is -0.0861. The number of ether oxygens (including phenoxy) is 1. The quantitative estimate of drug-likeness (QED) is 0.470. The molecule has 3 nitrogen and oxygen atoms in total. The van der Waals surface area contributed by atoms with E-state index in [2.05, 4.69) is 4.99 Å². The second kappa shape index (κ2) is 5.38. The van der Waals surface area contributed by atoms with E-state index in [0.29, 0.717) is 13.2 Å². The van der Waals surface area contributed by atoms with E-state index in [-0.39, 0.29) is 0 Å². The van der Waals surface area contributed by atoms with Gasteiger partial charge >= 0.3 is 0 Å². The first kappa shape index (κ1) is 9.59. The van der Waals surface area contributed by atoms with Crippen LogP contribution in [0.2, 0.25) is 0 Å². The lowest BCUT2D eigenvalue weighted by Crippen LogP contribution is -2.15. The number of hydrogen-bond acceptors (Lipinski definition) is 3. The monoisotopic (exact) mass is 145 g/mol. The van der Waals surface area contributed by atoms with Gasteiger partial charge in [0.2, 0.25) is 0 Å². The van der Waals surface area contributed by atoms with Crippen LogP contribution in [-0.2, 0) is 4.74 Å². The molecule has 0 aliphatic carbocycles. The Hall–Kier alpha value is -0.410. The molecular formula is C7H15NO2. The predicted octanol–water partition coefficient (Wildman–Crippen LogP) is 0.822. The predicted molar refractivity (Wildman–Crippen MR) is 41.3 cm³/mol. The molecule has 0 bridgehead atoms. The Balaban J connectivity index is 3.38. The normalized spacial score (nSPS) is 12.8. The second-order valence-corrected chi connectivity index (χ2v) is 2.20. The molecule has 0 amide bonds. The van der Waals surface area contributed by atoms with Crippen molar-refractivity contribution >= 4 is 5.71 Å². The minimum Gasteiger partial charge on any atom is -0.366 e. The van der Waals surface area contributed by atoms with Gasteiger partial charge in [0.15, 0.2) is 6.29 Å². The smallest absolute Gasteiger partial charge is 0.174 e. The minimum atomic E-state index is -0.736. The van der Waals surface area contributed by atoms with Gasteiger partial charge in [-0.15, -0.1) is 0 Å². The van der Waals surface area contributed by atoms with E-state index in [1.54, 1.807) is 0 Å². The second-order valence-electron chi connectivity index (χ2n) is 2.20. The zero-order valence-electron chi connectivity index (χ0n) is 6.79. The van der Waals surface area contributed by atoms with Crippen LogP contribution in [0.25, 0.3) is 0 Å². The topological polar surface area (TPSA) is 41.8 Å². The van der Waals surface area contributed by atoms with Gasteiger partial charge < -0.3 is 9.84 Å². The highest BCUT2D eigenvalue weighted by molar-refractivity contribution is 5.79. The van der Waals surface area contributed by atoms with Gasteiger partial charge in [-0.1, -0.05) is 0 Å². The maximum absolute atomic E-state index is 8.97. The third-order valence-electron chi connectivity index (χ3n) is 0.923. The summed E-state index contributed by atoms with van der Waals surface area (Å²) in [6.45, 7) is 6.48. The molecule has 0 aliphatic rings. The van der Waals surface area contributed by atoms with E-state index in [1.807, 2.05) is 20.8 Å². The van der Waals surface area contributed by atoms with Gasteiger partial charge in [-0.05, 0) is 20.8 Å². The zero-order chi connectivity index (χ0) is 7.98. The van der Waals surface area contributed by atoms with E-state index in [0.717, 1.165) is 5.71 Å². The molecule has 0 fully saturated rings. The molecule has 0 heterocycles. The molecule has 0 saturated carbocycles. The maximum Gasteiger partial charge on any atom is 0.174 e. The molecule has 0 aromatic heterocycles. The molecular weight excluding hydrogens is 130 g/mol. The molecule has 3 heteroatoms. The van der Waals surface area contributed by atoms with Crippen LogP contribution in [0, 0.1) is 0 Å². The molecule has 0 spiro atoms. The number of nitrogens with zero attached hydrogens (tertiary/aromatic N) is 1. The van der Waals surface area contributed by atoms with Crippen molar-refractivity contribution in [1.82, 2.24) is 0 Å². The number of aliphatic imine (C=N–C) groups is 1. The molecule has 1 unspecified atom stereocenters. The zero-order valence-corrected chi connectivity index (χ0v) is 6.79. The Morgan fingerprint density at radius 3 is 2.60 bits per heavy atom. The van der Waals surface area contributed by atoms with Gasteiger partial charge in [-0.2, -0.15) is 0 Å². The largest absolute Gasteiger partial charge is 0.366 e. The number of aliphatic hydroxyl groups is 1. The van der Waals surface area contributed by atoms with Crippen LogP contribution in [0.3, 0.4) is 0 Å². The lowest BCUT2D eigenvalue weighted by Gasteiger charge is -2.06. The molecule has 1 atom stereocenters. The SMILES string of the molecule is CCOC(O)CN=C(C)C. The Labute approximate surface area is 61.7 Å². The van der Waals surface area contributed by atoms with Gasteiger partial charge in [-0.3, -0.25) is 4.99 Å². The van der Waals surface area contributed by atoms with Crippen molar-refractivity contribution < 1.29 is 9.84 Å². The Bertz CT molecular complexity index is 108. The summed E-state index contributed by atoms with van der Waals surface area (Å²) < 4.78 is 4.84. The van der Waals surface area contributed by atoms with E-state index >= 15 is 0 Å². The van der Waals surface area contributed by atoms with Crippen LogP contribution in [0.5, 0.6) is 0 Å². The van der Waals surface area contributed by atoms with Crippen molar-refractivity contribution in [3.05, 3.63) is 0 Å². The standard InChI is InChI=1S/C7H15NO2/c1-4-10-7(9)5-8-6(2)3/h7,9H,4-5H2,1-3H3. The van der Waals surface area contributed by atoms with Gasteiger partial charge in [0, 0.05) is 12.3 Å². The van der Waals surface area contributed by atoms with Gasteiger partial charge in [-0.25, -0.2) is 0 Å². The van der Waals surface area contributed by atoms with E-state index < -0.39 is 6.29 Å². The summed E-state index contributed by atoms with van der Waals surface area (Å²) in [4.78, 5) is 3.98. The molecule has 0 rings (SSSR count). The maximum atomic E-state index is 8.97. The average Bonchev–Trinajstić information content (AvgIpc) is 1.85. The molecule has 0 aromatic carbocycles. The molecule has 0 saturated heterocycles. The summed E-state index contributed by atoms with van der Waals surface area (Å²) >= 11 is 0. The van der Waals surface area contributed by atoms with E-state index in [9.17, 15) is 0 Å². The van der Waals surface area contributed by atoms with Crippen LogP contribution in [0.15, 0.2) is 4.99 Å². The lowest BCUT2D eigenvalue weighted by atomic mass is 10.5. The number of rotatable bonds is 4. The van der Waals surface area contributed by atoms with Crippen molar-refractivity contribution in [2.75, 3.05) is 13.2 Å². The van der Waals surface area contributed by atoms with Crippen molar-refractivity contribution in [2.45, 2.75) is 27.1 Å². The Morgan fingerprint density at radius 1 is 1.60 bits per heavy atom. The van der Waals surface area contributed by atoms with Crippen LogP contribution in [0.4, 0.5) is 0 Å². The highest BCUT2D eigenvalue weighted by Gasteiger charge is 1.98. The van der Waals surface area contributed by atoms with Crippen LogP contribution >= 0.6 is 0 Å². The van der Waals surface area contributed by atoms with Crippen molar-refractivity contribution in [1.29, 1.82) is 0 Å². The fraction of sp³-hybridized carbons (Fsp3) is 0.857. The first-order valence-corrected chi connectivity index (χ1v) is 3.44. The van der Waals surface area contributed by atoms with Crippen molar-refractivity contribution in [3.63, 3.8) is 0 Å². The summed E-state index contributed by atoms with van der Waals surface area (Å²) in [5, 5.41) is 8.97. The van der Waals surface area contributed by atoms with Gasteiger partial charge in [0.25, 0.3) is 0 Å². The summed E-state index contributed by atoms with van der Waals surface area (Å²) in [6, 6.07) is 0. The highest BCUT2D eigenvalue weighted by atomic mass is 16.6. The van der Waals surface area contributed by atoms with Crippen molar-refractivity contribution in [2.24, 2.45) is 4.99 Å². The fourth-order valence-corrected chi connectivity index (χ4v) is 0.506. The van der Waals surface area contributed by atoms with E-state index in [4.69, 9.17) is 9.84 Å². The van der Waals surface area contributed by atoms with E-state index in [1.165, 1.54) is 0 Å². The third-order valence-corrected chi connectivity index (χ3v) is 0.923. The fourth-order valence-electron chi connectivity index (χ4n) is 0.506. The minimum absolute atomic E-state index is 0.343. The van der Waals surface area contributed by atoms with Gasteiger partial charge in [0.05, 0.1) is 6.54 Å². The summed E-state index contributed by atoms with van der Waals surface area (Å²) in [5.41, 5.74) is 0.957. The molecule has 10 heavy (non-hydrogen) atoms. The van der Waals surface area contributed by atoms with Crippen LogP contribution in [0.1, 0.15) is 20.8 Å². The molecule has 0 aromatic rings. The number of aliphatic hydroxyl groups excluding tert-OH is 1. The first-order valence-electron chi connectivity index (χ1n) is 3.44. The van der Waals surface area contributed by atoms with Crippen LogP contribution in [-0.4, -0.2) is 30.3 Å². The molecule has 0 radical (unpaired) electrons. The Morgan fingerprint density at radius 2 is 2.20 bits per heavy atom. The summed E-state index contributed by atoms with van der Waals surface area (Å²) in [7, 11) is 0.